The smallest absolute Gasteiger partial charge is 0.335 e. The van der Waals surface area contributed by atoms with Crippen LogP contribution in [0.5, 0.6) is 23.0 Å². The van der Waals surface area contributed by atoms with E-state index in [1.807, 2.05) is 13.8 Å². The van der Waals surface area contributed by atoms with Crippen molar-refractivity contribution in [3.05, 3.63) is 47.5 Å². The lowest BCUT2D eigenvalue weighted by Gasteiger charge is -2.40. The summed E-state index contributed by atoms with van der Waals surface area (Å²) < 4.78 is 21.8. The van der Waals surface area contributed by atoms with Gasteiger partial charge in [-0.2, -0.15) is 0 Å². The Kier molecular flexibility index (Phi) is 11.0. The van der Waals surface area contributed by atoms with Crippen LogP contribution in [0.3, 0.4) is 0 Å². The Hall–Kier alpha value is -3.74. The maximum atomic E-state index is 11.6. The van der Waals surface area contributed by atoms with Gasteiger partial charge in [0.15, 0.2) is 35.2 Å². The number of carbonyl (C=O) groups is 2. The van der Waals surface area contributed by atoms with Crippen molar-refractivity contribution < 1.29 is 79.6 Å². The molecule has 2 aliphatic heterocycles. The highest BCUT2D eigenvalue weighted by molar-refractivity contribution is 5.74. The number of carboxylic acid groups (broad SMARTS) is 2. The summed E-state index contributed by atoms with van der Waals surface area (Å²) in [5.74, 6) is -4.20. The van der Waals surface area contributed by atoms with Crippen molar-refractivity contribution in [2.75, 3.05) is 0 Å². The van der Waals surface area contributed by atoms with Crippen LogP contribution >= 0.6 is 0 Å². The number of aliphatic hydroxyl groups excluding tert-OH is 6. The molecule has 2 unspecified atom stereocenters. The van der Waals surface area contributed by atoms with E-state index in [2.05, 4.69) is 0 Å². The van der Waals surface area contributed by atoms with Gasteiger partial charge in [0.2, 0.25) is 12.6 Å². The first kappa shape index (κ1) is 35.1. The second-order valence-corrected chi connectivity index (χ2v) is 11.7. The fourth-order valence-electron chi connectivity index (χ4n) is 5.26. The molecule has 0 amide bonds. The van der Waals surface area contributed by atoms with Crippen LogP contribution in [0.1, 0.15) is 25.0 Å². The van der Waals surface area contributed by atoms with Gasteiger partial charge in [0.05, 0.1) is 0 Å². The number of phenols is 2. The molecule has 254 valence electrons. The Bertz CT molecular complexity index is 1380. The van der Waals surface area contributed by atoms with E-state index < -0.39 is 73.4 Å². The molecule has 0 saturated carbocycles. The van der Waals surface area contributed by atoms with Crippen molar-refractivity contribution in [3.63, 3.8) is 0 Å². The van der Waals surface area contributed by atoms with E-state index in [9.17, 15) is 60.7 Å². The molecule has 2 fully saturated rings. The lowest BCUT2D eigenvalue weighted by molar-refractivity contribution is -0.276. The van der Waals surface area contributed by atoms with Gasteiger partial charge in [-0.3, -0.25) is 0 Å². The van der Waals surface area contributed by atoms with Crippen molar-refractivity contribution in [2.24, 2.45) is 11.8 Å². The Morgan fingerprint density at radius 3 is 1.52 bits per heavy atom. The number of phenolic OH excluding ortho intramolecular Hbond substituents is 2. The van der Waals surface area contributed by atoms with Gasteiger partial charge in [-0.05, 0) is 60.1 Å². The molecule has 16 heteroatoms. The molecule has 0 bridgehead atoms. The Balaban J connectivity index is 1.61. The third kappa shape index (κ3) is 7.62. The first-order chi connectivity index (χ1) is 21.6. The fraction of sp³-hybridized carbons (Fsp3) is 0.533. The molecule has 4 rings (SSSR count). The highest BCUT2D eigenvalue weighted by Crippen LogP contribution is 2.36. The number of hydrogen-bond donors (Lipinski definition) is 10. The standard InChI is InChI=1S/C30H38O16/c1-11(7-13-3-5-15(31)16(32)9-13)12(2)8-14-4-6-17(43-29-23(37)19(33)21(35)25(45-29)27(39)40)18(10-14)44-30-24(38)20(34)22(36)26(46-30)28(41)42/h3-6,9-12,19-26,29-38H,7-8H2,1-2H3,(H,39,40)(H,41,42)/t11?,12?,19-,20-,21-,22-,23+,24+,25-,26-,29+,30+/m0/s1. The maximum absolute atomic E-state index is 11.6. The molecule has 12 atom stereocenters. The minimum absolute atomic E-state index is 0.00287. The molecule has 16 nitrogen and oxygen atoms in total. The van der Waals surface area contributed by atoms with Crippen LogP contribution in [-0.2, 0) is 31.9 Å². The van der Waals surface area contributed by atoms with Gasteiger partial charge >= 0.3 is 11.9 Å². The molecule has 2 saturated heterocycles. The van der Waals surface area contributed by atoms with Crippen LogP contribution in [0.15, 0.2) is 36.4 Å². The van der Waals surface area contributed by atoms with E-state index in [-0.39, 0.29) is 34.8 Å². The molecule has 2 aliphatic rings. The molecular weight excluding hydrogens is 616 g/mol. The number of aromatic hydroxyl groups is 2. The lowest BCUT2D eigenvalue weighted by atomic mass is 9.85. The van der Waals surface area contributed by atoms with Gasteiger partial charge in [-0.15, -0.1) is 0 Å². The van der Waals surface area contributed by atoms with Crippen LogP contribution in [0.4, 0.5) is 0 Å². The number of benzene rings is 2. The predicted molar refractivity (Wildman–Crippen MR) is 152 cm³/mol. The quantitative estimate of drug-likeness (QED) is 0.126. The Morgan fingerprint density at radius 1 is 0.630 bits per heavy atom. The van der Waals surface area contributed by atoms with Crippen molar-refractivity contribution in [1.29, 1.82) is 0 Å². The second kappa shape index (κ2) is 14.4. The Morgan fingerprint density at radius 2 is 1.07 bits per heavy atom. The van der Waals surface area contributed by atoms with Crippen LogP contribution < -0.4 is 9.47 Å². The van der Waals surface area contributed by atoms with Gasteiger partial charge in [0.1, 0.15) is 36.6 Å². The van der Waals surface area contributed by atoms with Crippen LogP contribution in [-0.4, -0.2) is 124 Å². The van der Waals surface area contributed by atoms with Crippen molar-refractivity contribution in [2.45, 2.75) is 88.1 Å². The average Bonchev–Trinajstić information content (AvgIpc) is 3.00. The summed E-state index contributed by atoms with van der Waals surface area (Å²) in [5, 5.41) is 99.7. The first-order valence-corrected chi connectivity index (χ1v) is 14.4. The molecule has 2 aromatic carbocycles. The minimum Gasteiger partial charge on any atom is -0.504 e. The van der Waals surface area contributed by atoms with Crippen molar-refractivity contribution >= 4 is 11.9 Å². The zero-order chi connectivity index (χ0) is 34.0. The van der Waals surface area contributed by atoms with E-state index >= 15 is 0 Å². The number of aliphatic hydroxyl groups is 6. The van der Waals surface area contributed by atoms with Crippen LogP contribution in [0.25, 0.3) is 0 Å². The van der Waals surface area contributed by atoms with Gasteiger partial charge < -0.3 is 70.0 Å². The summed E-state index contributed by atoms with van der Waals surface area (Å²) >= 11 is 0. The number of carboxylic acids is 2. The van der Waals surface area contributed by atoms with Crippen LogP contribution in [0, 0.1) is 11.8 Å². The Labute approximate surface area is 262 Å². The van der Waals surface area contributed by atoms with E-state index in [0.29, 0.717) is 18.4 Å². The molecule has 0 aromatic heterocycles. The number of hydrogen-bond acceptors (Lipinski definition) is 14. The lowest BCUT2D eigenvalue weighted by Crippen LogP contribution is -2.61. The average molecular weight is 655 g/mol. The number of rotatable bonds is 11. The highest BCUT2D eigenvalue weighted by atomic mass is 16.7. The molecule has 2 heterocycles. The molecule has 2 aromatic rings. The number of ether oxygens (including phenoxy) is 4. The molecule has 0 aliphatic carbocycles. The zero-order valence-electron chi connectivity index (χ0n) is 24.7. The van der Waals surface area contributed by atoms with Gasteiger partial charge in [0.25, 0.3) is 0 Å². The minimum atomic E-state index is -1.99. The van der Waals surface area contributed by atoms with E-state index in [1.54, 1.807) is 12.1 Å². The summed E-state index contributed by atoms with van der Waals surface area (Å²) in [5.41, 5.74) is 1.41. The molecule has 46 heavy (non-hydrogen) atoms. The summed E-state index contributed by atoms with van der Waals surface area (Å²) in [6, 6.07) is 8.93. The summed E-state index contributed by atoms with van der Waals surface area (Å²) in [7, 11) is 0. The molecule has 10 N–H and O–H groups in total. The molecule has 0 radical (unpaired) electrons. The molecule has 0 spiro atoms. The number of aliphatic carboxylic acids is 2. The third-order valence-electron chi connectivity index (χ3n) is 8.25. The van der Waals surface area contributed by atoms with Gasteiger partial charge in [-0.1, -0.05) is 26.0 Å². The summed E-state index contributed by atoms with van der Waals surface area (Å²) in [6.45, 7) is 3.94. The molecular formula is C30H38O16. The maximum Gasteiger partial charge on any atom is 0.335 e. The van der Waals surface area contributed by atoms with Crippen molar-refractivity contribution in [3.8, 4) is 23.0 Å². The van der Waals surface area contributed by atoms with Crippen molar-refractivity contribution in [1.82, 2.24) is 0 Å². The topological polar surface area (TPSA) is 273 Å². The third-order valence-corrected chi connectivity index (χ3v) is 8.25. The van der Waals surface area contributed by atoms with Gasteiger partial charge in [-0.25, -0.2) is 9.59 Å². The van der Waals surface area contributed by atoms with Gasteiger partial charge in [0, 0.05) is 0 Å². The van der Waals surface area contributed by atoms with E-state index in [4.69, 9.17) is 18.9 Å². The zero-order valence-corrected chi connectivity index (χ0v) is 24.7. The SMILES string of the molecule is CC(Cc1ccc(O)c(O)c1)C(C)Cc1ccc(O[C@@H]2O[C@H](C(=O)O)[C@@H](O)[C@H](O)[C@H]2O)c(O[C@@H]2O[C@H](C(=O)O)[C@@H](O)[C@H](O)[C@H]2O)c1. The first-order valence-electron chi connectivity index (χ1n) is 14.4. The monoisotopic (exact) mass is 654 g/mol. The van der Waals surface area contributed by atoms with E-state index in [1.165, 1.54) is 24.3 Å². The fourth-order valence-corrected chi connectivity index (χ4v) is 5.26. The largest absolute Gasteiger partial charge is 0.504 e. The van der Waals surface area contributed by atoms with E-state index in [0.717, 1.165) is 5.56 Å². The highest BCUT2D eigenvalue weighted by Gasteiger charge is 2.50. The summed E-state index contributed by atoms with van der Waals surface area (Å²) in [4.78, 5) is 23.2. The van der Waals surface area contributed by atoms with Crippen LogP contribution in [0.2, 0.25) is 0 Å². The predicted octanol–water partition coefficient (Wildman–Crippen LogP) is -1.30. The summed E-state index contributed by atoms with van der Waals surface area (Å²) in [6.07, 6.45) is -18.5. The normalized spacial score (nSPS) is 32.7. The second-order valence-electron chi connectivity index (χ2n) is 11.7.